The number of aromatic nitrogens is 6. The standard InChI is InChI=1S/C21H23N9/c1-22-19-18-13(15-5-8-29-16(24-15)3-6-23-29)4-7-30(18)27-20(26-19)25-17-12-9-21(10-14(17)21)28(2)11-12/h3-8,12,14,17H,9-11H2,1-2H3,(H2,22,25,26,27). The third-order valence-corrected chi connectivity index (χ3v) is 7.51. The summed E-state index contributed by atoms with van der Waals surface area (Å²) in [5.74, 6) is 2.91. The quantitative estimate of drug-likeness (QED) is 0.541. The van der Waals surface area contributed by atoms with E-state index in [0.29, 0.717) is 23.4 Å². The van der Waals surface area contributed by atoms with E-state index in [2.05, 4.69) is 27.7 Å². The molecule has 1 spiro atoms. The van der Waals surface area contributed by atoms with Crippen LogP contribution in [0.25, 0.3) is 22.4 Å². The Morgan fingerprint density at radius 2 is 2.00 bits per heavy atom. The van der Waals surface area contributed by atoms with Crippen LogP contribution in [0.4, 0.5) is 11.8 Å². The van der Waals surface area contributed by atoms with Gasteiger partial charge in [-0.15, -0.1) is 5.10 Å². The number of rotatable bonds is 4. The predicted octanol–water partition coefficient (Wildman–Crippen LogP) is 1.99. The minimum atomic E-state index is 0.455. The fraction of sp³-hybridized carbons (Fsp3) is 0.429. The van der Waals surface area contributed by atoms with Crippen molar-refractivity contribution in [3.63, 3.8) is 0 Å². The second-order valence-electron chi connectivity index (χ2n) is 8.93. The summed E-state index contributed by atoms with van der Waals surface area (Å²) in [6.45, 7) is 1.17. The lowest BCUT2D eigenvalue weighted by molar-refractivity contribution is 0.236. The zero-order valence-corrected chi connectivity index (χ0v) is 16.9. The monoisotopic (exact) mass is 401 g/mol. The first-order valence-corrected chi connectivity index (χ1v) is 10.5. The molecule has 2 bridgehead atoms. The van der Waals surface area contributed by atoms with Crippen LogP contribution >= 0.6 is 0 Å². The summed E-state index contributed by atoms with van der Waals surface area (Å²) >= 11 is 0. The minimum Gasteiger partial charge on any atom is -0.371 e. The van der Waals surface area contributed by atoms with Crippen LogP contribution in [0.2, 0.25) is 0 Å². The Morgan fingerprint density at radius 3 is 2.83 bits per heavy atom. The summed E-state index contributed by atoms with van der Waals surface area (Å²) in [5.41, 5.74) is 4.07. The first-order valence-electron chi connectivity index (χ1n) is 10.5. The van der Waals surface area contributed by atoms with Crippen molar-refractivity contribution in [2.24, 2.45) is 11.8 Å². The van der Waals surface area contributed by atoms with Gasteiger partial charge in [0.05, 0.1) is 11.9 Å². The van der Waals surface area contributed by atoms with Crippen LogP contribution in [-0.4, -0.2) is 66.3 Å². The van der Waals surface area contributed by atoms with Crippen molar-refractivity contribution >= 4 is 22.9 Å². The van der Waals surface area contributed by atoms with Gasteiger partial charge < -0.3 is 10.6 Å². The van der Waals surface area contributed by atoms with Gasteiger partial charge in [-0.3, -0.25) is 4.90 Å². The molecular formula is C21H23N9. The average Bonchev–Trinajstić information content (AvgIpc) is 3.13. The maximum absolute atomic E-state index is 4.83. The molecule has 2 aliphatic carbocycles. The maximum Gasteiger partial charge on any atom is 0.243 e. The highest BCUT2D eigenvalue weighted by molar-refractivity contribution is 5.87. The van der Waals surface area contributed by atoms with Crippen molar-refractivity contribution < 1.29 is 0 Å². The molecule has 2 saturated carbocycles. The van der Waals surface area contributed by atoms with Gasteiger partial charge in [-0.25, -0.2) is 14.0 Å². The second-order valence-corrected chi connectivity index (χ2v) is 8.93. The van der Waals surface area contributed by atoms with E-state index in [9.17, 15) is 0 Å². The van der Waals surface area contributed by atoms with Gasteiger partial charge in [0.15, 0.2) is 11.5 Å². The Morgan fingerprint density at radius 1 is 1.10 bits per heavy atom. The zero-order chi connectivity index (χ0) is 20.0. The lowest BCUT2D eigenvalue weighted by atomic mass is 10.00. The highest BCUT2D eigenvalue weighted by Crippen LogP contribution is 2.65. The number of piperidine rings is 1. The Balaban J connectivity index is 1.27. The Labute approximate surface area is 173 Å². The van der Waals surface area contributed by atoms with Crippen molar-refractivity contribution in [2.75, 3.05) is 31.3 Å². The smallest absolute Gasteiger partial charge is 0.243 e. The molecule has 3 aliphatic rings. The van der Waals surface area contributed by atoms with Gasteiger partial charge >= 0.3 is 0 Å². The Hall–Kier alpha value is -3.20. The maximum atomic E-state index is 4.83. The third kappa shape index (κ3) is 2.05. The molecule has 0 amide bonds. The summed E-state index contributed by atoms with van der Waals surface area (Å²) < 4.78 is 3.66. The summed E-state index contributed by atoms with van der Waals surface area (Å²) in [4.78, 5) is 12.1. The van der Waals surface area contributed by atoms with Crippen LogP contribution in [0.15, 0.2) is 36.8 Å². The molecule has 3 fully saturated rings. The molecule has 9 heteroatoms. The number of anilines is 2. The molecule has 7 rings (SSSR count). The first-order chi connectivity index (χ1) is 14.7. The van der Waals surface area contributed by atoms with Gasteiger partial charge in [0.1, 0.15) is 5.52 Å². The molecule has 4 aromatic rings. The highest BCUT2D eigenvalue weighted by atomic mass is 15.4. The average molecular weight is 401 g/mol. The number of hydrogen-bond acceptors (Lipinski definition) is 7. The van der Waals surface area contributed by atoms with Crippen LogP contribution in [-0.2, 0) is 0 Å². The van der Waals surface area contributed by atoms with Gasteiger partial charge in [-0.05, 0) is 43.9 Å². The SMILES string of the molecule is CNc1nc(NC2C3CN(C)C4(C3)CC24)nn2ccc(-c3ccn4nccc4n3)c12. The largest absolute Gasteiger partial charge is 0.371 e. The molecule has 0 radical (unpaired) electrons. The van der Waals surface area contributed by atoms with E-state index in [1.165, 1.54) is 19.4 Å². The van der Waals surface area contributed by atoms with Crippen LogP contribution < -0.4 is 10.6 Å². The van der Waals surface area contributed by atoms with E-state index in [1.54, 1.807) is 10.7 Å². The molecule has 1 aliphatic heterocycles. The van der Waals surface area contributed by atoms with E-state index in [1.807, 2.05) is 42.2 Å². The van der Waals surface area contributed by atoms with Crippen molar-refractivity contribution in [3.05, 3.63) is 36.8 Å². The number of fused-ring (bicyclic) bond motifs is 3. The van der Waals surface area contributed by atoms with Gasteiger partial charge in [-0.1, -0.05) is 0 Å². The van der Waals surface area contributed by atoms with E-state index in [-0.39, 0.29) is 0 Å². The summed E-state index contributed by atoms with van der Waals surface area (Å²) in [6, 6.07) is 6.39. The normalized spacial score (nSPS) is 29.6. The molecule has 1 saturated heterocycles. The fourth-order valence-corrected chi connectivity index (χ4v) is 6.03. The lowest BCUT2D eigenvalue weighted by Crippen LogP contribution is -2.40. The number of hydrogen-bond donors (Lipinski definition) is 2. The molecular weight excluding hydrogens is 378 g/mol. The van der Waals surface area contributed by atoms with Gasteiger partial charge in [-0.2, -0.15) is 10.1 Å². The third-order valence-electron chi connectivity index (χ3n) is 7.51. The van der Waals surface area contributed by atoms with Crippen molar-refractivity contribution in [3.8, 4) is 11.3 Å². The fourth-order valence-electron chi connectivity index (χ4n) is 6.03. The Bertz CT molecular complexity index is 1300. The van der Waals surface area contributed by atoms with Gasteiger partial charge in [0.25, 0.3) is 0 Å². The first kappa shape index (κ1) is 16.6. The van der Waals surface area contributed by atoms with Crippen LogP contribution in [0.3, 0.4) is 0 Å². The topological polar surface area (TPSA) is 87.7 Å². The highest BCUT2D eigenvalue weighted by Gasteiger charge is 2.71. The van der Waals surface area contributed by atoms with E-state index in [0.717, 1.165) is 34.2 Å². The van der Waals surface area contributed by atoms with Crippen molar-refractivity contribution in [1.29, 1.82) is 0 Å². The minimum absolute atomic E-state index is 0.455. The molecule has 30 heavy (non-hydrogen) atoms. The molecule has 4 atom stereocenters. The lowest BCUT2D eigenvalue weighted by Gasteiger charge is -2.28. The molecule has 4 aromatic heterocycles. The van der Waals surface area contributed by atoms with Crippen molar-refractivity contribution in [1.82, 2.24) is 34.1 Å². The van der Waals surface area contributed by atoms with E-state index >= 15 is 0 Å². The van der Waals surface area contributed by atoms with Gasteiger partial charge in [0.2, 0.25) is 5.95 Å². The van der Waals surface area contributed by atoms with Crippen LogP contribution in [0.1, 0.15) is 12.8 Å². The zero-order valence-electron chi connectivity index (χ0n) is 16.9. The summed E-state index contributed by atoms with van der Waals surface area (Å²) in [5, 5.41) is 16.0. The molecule has 152 valence electrons. The molecule has 2 N–H and O–H groups in total. The van der Waals surface area contributed by atoms with Crippen LogP contribution in [0.5, 0.6) is 0 Å². The molecule has 4 unspecified atom stereocenters. The van der Waals surface area contributed by atoms with Crippen LogP contribution in [0, 0.1) is 11.8 Å². The summed E-state index contributed by atoms with van der Waals surface area (Å²) in [6.07, 6.45) is 8.27. The van der Waals surface area contributed by atoms with Crippen molar-refractivity contribution in [2.45, 2.75) is 24.4 Å². The Kier molecular flexibility index (Phi) is 3.03. The number of nitrogens with one attached hydrogen (secondary N) is 2. The summed E-state index contributed by atoms with van der Waals surface area (Å²) in [7, 11) is 4.17. The second kappa shape index (κ2) is 5.48. The number of nitrogens with zero attached hydrogens (tertiary/aromatic N) is 7. The number of likely N-dealkylation sites (tertiary alicyclic amines) is 1. The van der Waals surface area contributed by atoms with E-state index in [4.69, 9.17) is 15.1 Å². The molecule has 9 nitrogen and oxygen atoms in total. The van der Waals surface area contributed by atoms with E-state index < -0.39 is 0 Å². The molecule has 5 heterocycles. The van der Waals surface area contributed by atoms with Gasteiger partial charge in [0, 0.05) is 49.2 Å². The molecule has 0 aromatic carbocycles. The predicted molar refractivity (Wildman–Crippen MR) is 114 cm³/mol.